The average Bonchev–Trinajstić information content (AvgIpc) is 1.95. The predicted octanol–water partition coefficient (Wildman–Crippen LogP) is 2.76. The van der Waals surface area contributed by atoms with Crippen LogP contribution >= 0.6 is 11.8 Å². The van der Waals surface area contributed by atoms with E-state index in [9.17, 15) is 0 Å². The lowest BCUT2D eigenvalue weighted by molar-refractivity contribution is 0.305. The predicted molar refractivity (Wildman–Crippen MR) is 59.9 cm³/mol. The van der Waals surface area contributed by atoms with Gasteiger partial charge in [-0.05, 0) is 24.6 Å². The molecule has 0 rings (SSSR count). The molecule has 0 aromatic heterocycles. The van der Waals surface area contributed by atoms with Crippen LogP contribution in [0.3, 0.4) is 0 Å². The second kappa shape index (κ2) is 5.87. The topological polar surface area (TPSA) is 12.0 Å². The molecular formula is C10H23NS. The first-order chi connectivity index (χ1) is 5.52. The fourth-order valence-corrected chi connectivity index (χ4v) is 2.47. The van der Waals surface area contributed by atoms with Crippen LogP contribution in [0, 0.1) is 5.41 Å². The summed E-state index contributed by atoms with van der Waals surface area (Å²) in [5.41, 5.74) is 0.384. The number of hydrogen-bond acceptors (Lipinski definition) is 2. The molecule has 0 spiro atoms. The summed E-state index contributed by atoms with van der Waals surface area (Å²) in [5.74, 6) is 2.52. The Morgan fingerprint density at radius 2 is 1.92 bits per heavy atom. The quantitative estimate of drug-likeness (QED) is 0.667. The van der Waals surface area contributed by atoms with Crippen molar-refractivity contribution in [3.63, 3.8) is 0 Å². The molecule has 0 aromatic carbocycles. The Hall–Kier alpha value is 0.310. The van der Waals surface area contributed by atoms with Crippen molar-refractivity contribution in [3.05, 3.63) is 0 Å². The van der Waals surface area contributed by atoms with E-state index in [1.165, 1.54) is 17.9 Å². The van der Waals surface area contributed by atoms with Gasteiger partial charge in [-0.1, -0.05) is 27.7 Å². The van der Waals surface area contributed by atoms with Gasteiger partial charge in [0.1, 0.15) is 0 Å². The van der Waals surface area contributed by atoms with E-state index in [0.717, 1.165) is 0 Å². The third-order valence-electron chi connectivity index (χ3n) is 2.03. The van der Waals surface area contributed by atoms with Crippen molar-refractivity contribution in [2.75, 3.05) is 18.6 Å². The molecule has 1 nitrogen and oxygen atoms in total. The van der Waals surface area contributed by atoms with Crippen molar-refractivity contribution in [1.29, 1.82) is 0 Å². The van der Waals surface area contributed by atoms with Gasteiger partial charge in [-0.2, -0.15) is 11.8 Å². The van der Waals surface area contributed by atoms with Gasteiger partial charge in [-0.3, -0.25) is 0 Å². The molecule has 74 valence electrons. The minimum Gasteiger partial charge on any atom is -0.316 e. The first-order valence-corrected chi connectivity index (χ1v) is 5.92. The van der Waals surface area contributed by atoms with Crippen molar-refractivity contribution in [2.45, 2.75) is 40.2 Å². The minimum absolute atomic E-state index is 0.384. The van der Waals surface area contributed by atoms with Crippen LogP contribution in [0.5, 0.6) is 0 Å². The maximum atomic E-state index is 3.38. The molecule has 1 atom stereocenters. The Bertz CT molecular complexity index is 107. The van der Waals surface area contributed by atoms with Crippen LogP contribution in [0.1, 0.15) is 34.1 Å². The molecule has 0 heterocycles. The number of hydrogen-bond donors (Lipinski definition) is 1. The van der Waals surface area contributed by atoms with Gasteiger partial charge < -0.3 is 5.32 Å². The van der Waals surface area contributed by atoms with Gasteiger partial charge in [0, 0.05) is 11.8 Å². The van der Waals surface area contributed by atoms with Crippen molar-refractivity contribution >= 4 is 11.8 Å². The molecule has 0 bridgehead atoms. The van der Waals surface area contributed by atoms with E-state index in [1.54, 1.807) is 0 Å². The lowest BCUT2D eigenvalue weighted by Crippen LogP contribution is -2.40. The average molecular weight is 189 g/mol. The van der Waals surface area contributed by atoms with E-state index < -0.39 is 0 Å². The van der Waals surface area contributed by atoms with Crippen molar-refractivity contribution in [3.8, 4) is 0 Å². The molecule has 0 aromatic rings. The molecule has 0 aliphatic carbocycles. The van der Waals surface area contributed by atoms with Gasteiger partial charge >= 0.3 is 0 Å². The van der Waals surface area contributed by atoms with E-state index >= 15 is 0 Å². The number of nitrogens with one attached hydrogen (secondary N) is 1. The van der Waals surface area contributed by atoms with Crippen LogP contribution in [-0.2, 0) is 0 Å². The van der Waals surface area contributed by atoms with Crippen LogP contribution in [0.4, 0.5) is 0 Å². The zero-order valence-corrected chi connectivity index (χ0v) is 9.92. The Morgan fingerprint density at radius 1 is 1.33 bits per heavy atom. The molecule has 12 heavy (non-hydrogen) atoms. The SMILES string of the molecule is CCCSCC(NC)C(C)(C)C. The van der Waals surface area contributed by atoms with Gasteiger partial charge in [0.15, 0.2) is 0 Å². The monoisotopic (exact) mass is 189 g/mol. The maximum Gasteiger partial charge on any atom is 0.0203 e. The van der Waals surface area contributed by atoms with Gasteiger partial charge in [-0.25, -0.2) is 0 Å². The van der Waals surface area contributed by atoms with Gasteiger partial charge in [-0.15, -0.1) is 0 Å². The van der Waals surface area contributed by atoms with Crippen LogP contribution in [0.15, 0.2) is 0 Å². The zero-order valence-electron chi connectivity index (χ0n) is 9.11. The Morgan fingerprint density at radius 3 is 2.25 bits per heavy atom. The van der Waals surface area contributed by atoms with Crippen LogP contribution in [0.2, 0.25) is 0 Å². The third-order valence-corrected chi connectivity index (χ3v) is 3.29. The summed E-state index contributed by atoms with van der Waals surface area (Å²) < 4.78 is 0. The third kappa shape index (κ3) is 5.04. The Balaban J connectivity index is 3.68. The fourth-order valence-electron chi connectivity index (χ4n) is 1.11. The summed E-state index contributed by atoms with van der Waals surface area (Å²) >= 11 is 2.05. The van der Waals surface area contributed by atoms with Gasteiger partial charge in [0.25, 0.3) is 0 Å². The first kappa shape index (κ1) is 12.3. The summed E-state index contributed by atoms with van der Waals surface area (Å²) in [5, 5.41) is 3.38. The molecule has 0 saturated heterocycles. The van der Waals surface area contributed by atoms with E-state index in [1.807, 2.05) is 0 Å². The Labute approximate surface area is 81.7 Å². The molecule has 2 heteroatoms. The first-order valence-electron chi connectivity index (χ1n) is 4.77. The molecule has 1 unspecified atom stereocenters. The van der Waals surface area contributed by atoms with Crippen molar-refractivity contribution in [1.82, 2.24) is 5.32 Å². The lowest BCUT2D eigenvalue weighted by atomic mass is 9.88. The van der Waals surface area contributed by atoms with Crippen LogP contribution < -0.4 is 5.32 Å². The highest BCUT2D eigenvalue weighted by atomic mass is 32.2. The Kier molecular flexibility index (Phi) is 6.02. The second-order valence-corrected chi connectivity index (χ2v) is 5.43. The van der Waals surface area contributed by atoms with Gasteiger partial charge in [0.05, 0.1) is 0 Å². The molecule has 0 saturated carbocycles. The molecule has 0 amide bonds. The highest BCUT2D eigenvalue weighted by Crippen LogP contribution is 2.22. The number of thioether (sulfide) groups is 1. The standard InChI is InChI=1S/C10H23NS/c1-6-7-12-8-9(11-5)10(2,3)4/h9,11H,6-8H2,1-5H3. The van der Waals surface area contributed by atoms with E-state index in [4.69, 9.17) is 0 Å². The molecule has 0 fully saturated rings. The summed E-state index contributed by atoms with van der Waals surface area (Å²) in [6, 6.07) is 0.633. The van der Waals surface area contributed by atoms with Crippen molar-refractivity contribution in [2.24, 2.45) is 5.41 Å². The number of rotatable bonds is 5. The van der Waals surface area contributed by atoms with E-state index in [0.29, 0.717) is 11.5 Å². The summed E-state index contributed by atoms with van der Waals surface area (Å²) in [6.07, 6.45) is 1.28. The van der Waals surface area contributed by atoms with E-state index in [2.05, 4.69) is 51.8 Å². The normalized spacial score (nSPS) is 14.8. The maximum absolute atomic E-state index is 3.38. The van der Waals surface area contributed by atoms with Crippen LogP contribution in [0.25, 0.3) is 0 Å². The summed E-state index contributed by atoms with van der Waals surface area (Å²) in [6.45, 7) is 9.11. The fraction of sp³-hybridized carbons (Fsp3) is 1.00. The zero-order chi connectivity index (χ0) is 9.61. The molecule has 1 N–H and O–H groups in total. The summed E-state index contributed by atoms with van der Waals surface area (Å²) in [4.78, 5) is 0. The highest BCUT2D eigenvalue weighted by Gasteiger charge is 2.22. The van der Waals surface area contributed by atoms with Crippen molar-refractivity contribution < 1.29 is 0 Å². The summed E-state index contributed by atoms with van der Waals surface area (Å²) in [7, 11) is 2.06. The smallest absolute Gasteiger partial charge is 0.0203 e. The lowest BCUT2D eigenvalue weighted by Gasteiger charge is -2.30. The van der Waals surface area contributed by atoms with Gasteiger partial charge in [0.2, 0.25) is 0 Å². The molecule has 0 aliphatic heterocycles. The van der Waals surface area contributed by atoms with E-state index in [-0.39, 0.29) is 0 Å². The highest BCUT2D eigenvalue weighted by molar-refractivity contribution is 7.99. The largest absolute Gasteiger partial charge is 0.316 e. The molecule has 0 radical (unpaired) electrons. The second-order valence-electron chi connectivity index (χ2n) is 4.28. The minimum atomic E-state index is 0.384. The van der Waals surface area contributed by atoms with Crippen LogP contribution in [-0.4, -0.2) is 24.6 Å². The molecular weight excluding hydrogens is 166 g/mol. The molecule has 0 aliphatic rings.